The first-order valence-electron chi connectivity index (χ1n) is 13.9. The van der Waals surface area contributed by atoms with Crippen LogP contribution < -0.4 is 16.4 Å². The Morgan fingerprint density at radius 2 is 1.67 bits per heavy atom. The molecule has 1 aliphatic heterocycles. The molecule has 4 rings (SSSR count). The van der Waals surface area contributed by atoms with Crippen molar-refractivity contribution in [3.63, 3.8) is 0 Å². The predicted molar refractivity (Wildman–Crippen MR) is 153 cm³/mol. The number of carbonyl (C=O) groups excluding carboxylic acids is 3. The van der Waals surface area contributed by atoms with Gasteiger partial charge in [0.15, 0.2) is 5.82 Å². The van der Waals surface area contributed by atoms with E-state index in [2.05, 4.69) is 15.6 Å². The molecule has 0 aliphatic carbocycles. The molecule has 2 atom stereocenters. The Morgan fingerprint density at radius 3 is 2.33 bits per heavy atom. The van der Waals surface area contributed by atoms with E-state index in [4.69, 9.17) is 10.5 Å². The van der Waals surface area contributed by atoms with E-state index in [0.29, 0.717) is 13.1 Å². The minimum atomic E-state index is -4.69. The van der Waals surface area contributed by atoms with Crippen molar-refractivity contribution in [2.75, 3.05) is 25.0 Å². The number of rotatable bonds is 11. The van der Waals surface area contributed by atoms with Crippen LogP contribution in [0, 0.1) is 0 Å². The van der Waals surface area contributed by atoms with E-state index in [1.54, 1.807) is 0 Å². The number of nitrogens with one attached hydrogen (secondary N) is 2. The molecule has 0 saturated carbocycles. The standard InChI is InChI=1S/C30H35F3N6O4/c1-29(2,34)28(42)36-23(18-43-17-20-10-4-3-5-11-20)26(40)37-24-16-39(19-35-24)25(27(41)38-14-8-9-15-38)21-12-6-7-13-22(21)30(31,32)33/h3-7,10-13,16,19,23,25H,8-9,14-15,17-18,34H2,1-2H3,(H,36,42)(H,37,40). The van der Waals surface area contributed by atoms with Crippen molar-refractivity contribution in [2.45, 2.75) is 57.1 Å². The second-order valence-electron chi connectivity index (χ2n) is 11.0. The van der Waals surface area contributed by atoms with Crippen LogP contribution in [-0.4, -0.2) is 63.4 Å². The number of nitrogens with two attached hydrogens (primary N) is 1. The lowest BCUT2D eigenvalue weighted by Crippen LogP contribution is -2.56. The van der Waals surface area contributed by atoms with Crippen molar-refractivity contribution in [2.24, 2.45) is 5.73 Å². The zero-order valence-electron chi connectivity index (χ0n) is 23.9. The van der Waals surface area contributed by atoms with Crippen molar-refractivity contribution >= 4 is 23.5 Å². The molecule has 1 saturated heterocycles. The van der Waals surface area contributed by atoms with Crippen LogP contribution in [0.5, 0.6) is 0 Å². The summed E-state index contributed by atoms with van der Waals surface area (Å²) < 4.78 is 48.8. The molecule has 2 aromatic carbocycles. The van der Waals surface area contributed by atoms with Gasteiger partial charge in [-0.2, -0.15) is 13.2 Å². The van der Waals surface area contributed by atoms with Gasteiger partial charge in [-0.3, -0.25) is 14.4 Å². The lowest BCUT2D eigenvalue weighted by atomic mass is 9.98. The summed E-state index contributed by atoms with van der Waals surface area (Å²) in [5, 5.41) is 5.15. The van der Waals surface area contributed by atoms with Gasteiger partial charge in [0.1, 0.15) is 12.1 Å². The number of alkyl halides is 3. The number of nitrogens with zero attached hydrogens (tertiary/aromatic N) is 3. The van der Waals surface area contributed by atoms with E-state index in [1.165, 1.54) is 54.0 Å². The van der Waals surface area contributed by atoms with Crippen molar-refractivity contribution in [1.29, 1.82) is 0 Å². The minimum absolute atomic E-state index is 0.0250. The normalized spacial score (nSPS) is 15.2. The smallest absolute Gasteiger partial charge is 0.374 e. The third-order valence-electron chi connectivity index (χ3n) is 6.97. The molecule has 10 nitrogen and oxygen atoms in total. The number of anilines is 1. The maximum atomic E-state index is 14.0. The number of halogens is 3. The van der Waals surface area contributed by atoms with Crippen LogP contribution in [0.4, 0.5) is 19.0 Å². The first-order valence-corrected chi connectivity index (χ1v) is 13.9. The number of ether oxygens (including phenoxy) is 1. The zero-order valence-corrected chi connectivity index (χ0v) is 23.9. The van der Waals surface area contributed by atoms with E-state index >= 15 is 0 Å². The Morgan fingerprint density at radius 1 is 1.02 bits per heavy atom. The highest BCUT2D eigenvalue weighted by molar-refractivity contribution is 5.98. The molecule has 1 aliphatic rings. The van der Waals surface area contributed by atoms with Gasteiger partial charge in [0.2, 0.25) is 11.8 Å². The van der Waals surface area contributed by atoms with Crippen LogP contribution >= 0.6 is 0 Å². The SMILES string of the molecule is CC(C)(N)C(=O)NC(COCc1ccccc1)C(=O)Nc1cn(C(C(=O)N2CCCC2)c2ccccc2C(F)(F)F)cn1. The van der Waals surface area contributed by atoms with Gasteiger partial charge < -0.3 is 30.6 Å². The molecule has 43 heavy (non-hydrogen) atoms. The first-order chi connectivity index (χ1) is 20.3. The summed E-state index contributed by atoms with van der Waals surface area (Å²) in [5.41, 5.74) is 4.31. The summed E-state index contributed by atoms with van der Waals surface area (Å²) in [7, 11) is 0. The largest absolute Gasteiger partial charge is 0.416 e. The maximum Gasteiger partial charge on any atom is 0.416 e. The molecule has 2 unspecified atom stereocenters. The monoisotopic (exact) mass is 600 g/mol. The fraction of sp³-hybridized carbons (Fsp3) is 0.400. The van der Waals surface area contributed by atoms with Crippen molar-refractivity contribution in [3.8, 4) is 0 Å². The molecule has 1 fully saturated rings. The topological polar surface area (TPSA) is 132 Å². The molecule has 230 valence electrons. The molecule has 4 N–H and O–H groups in total. The fourth-order valence-corrected chi connectivity index (χ4v) is 4.68. The summed E-state index contributed by atoms with van der Waals surface area (Å²) in [6, 6.07) is 11.6. The molecule has 3 amide bonds. The van der Waals surface area contributed by atoms with Crippen LogP contribution in [0.1, 0.15) is 49.4 Å². The van der Waals surface area contributed by atoms with E-state index in [1.807, 2.05) is 30.3 Å². The third kappa shape index (κ3) is 8.20. The quantitative estimate of drug-likeness (QED) is 0.309. The van der Waals surface area contributed by atoms with Crippen LogP contribution in [0.15, 0.2) is 67.1 Å². The molecule has 13 heteroatoms. The van der Waals surface area contributed by atoms with Crippen LogP contribution in [0.2, 0.25) is 0 Å². The van der Waals surface area contributed by atoms with Gasteiger partial charge in [-0.15, -0.1) is 0 Å². The highest BCUT2D eigenvalue weighted by Crippen LogP contribution is 2.37. The molecule has 2 heterocycles. The highest BCUT2D eigenvalue weighted by atomic mass is 19.4. The minimum Gasteiger partial charge on any atom is -0.374 e. The first kappa shape index (κ1) is 31.7. The Labute approximate surface area is 247 Å². The lowest BCUT2D eigenvalue weighted by Gasteiger charge is -2.26. The Hall–Kier alpha value is -4.23. The number of imidazole rings is 1. The van der Waals surface area contributed by atoms with Gasteiger partial charge in [0, 0.05) is 19.3 Å². The van der Waals surface area contributed by atoms with E-state index in [-0.39, 0.29) is 24.6 Å². The molecule has 0 radical (unpaired) electrons. The highest BCUT2D eigenvalue weighted by Gasteiger charge is 2.39. The second kappa shape index (κ2) is 13.4. The fourth-order valence-electron chi connectivity index (χ4n) is 4.68. The zero-order chi connectivity index (χ0) is 31.2. The number of benzene rings is 2. The Bertz CT molecular complexity index is 1410. The molecular weight excluding hydrogens is 565 g/mol. The summed E-state index contributed by atoms with van der Waals surface area (Å²) >= 11 is 0. The molecule has 1 aromatic heterocycles. The number of hydrogen-bond acceptors (Lipinski definition) is 6. The van der Waals surface area contributed by atoms with Crippen LogP contribution in [-0.2, 0) is 31.9 Å². The van der Waals surface area contributed by atoms with Gasteiger partial charge in [0.05, 0.1) is 30.6 Å². The van der Waals surface area contributed by atoms with Gasteiger partial charge in [0.25, 0.3) is 5.91 Å². The van der Waals surface area contributed by atoms with Gasteiger partial charge in [-0.1, -0.05) is 48.5 Å². The molecular formula is C30H35F3N6O4. The molecule has 0 bridgehead atoms. The van der Waals surface area contributed by atoms with Gasteiger partial charge in [-0.05, 0) is 43.9 Å². The summed E-state index contributed by atoms with van der Waals surface area (Å²) in [6.07, 6.45) is -0.697. The summed E-state index contributed by atoms with van der Waals surface area (Å²) in [5.74, 6) is -1.81. The van der Waals surface area contributed by atoms with E-state index in [9.17, 15) is 27.6 Å². The van der Waals surface area contributed by atoms with E-state index in [0.717, 1.165) is 24.5 Å². The van der Waals surface area contributed by atoms with Crippen molar-refractivity contribution < 1.29 is 32.3 Å². The number of carbonyl (C=O) groups is 3. The van der Waals surface area contributed by atoms with E-state index < -0.39 is 47.1 Å². The van der Waals surface area contributed by atoms with Crippen LogP contribution in [0.3, 0.4) is 0 Å². The predicted octanol–water partition coefficient (Wildman–Crippen LogP) is 3.49. The third-order valence-corrected chi connectivity index (χ3v) is 6.97. The van der Waals surface area contributed by atoms with Gasteiger partial charge in [-0.25, -0.2) is 4.98 Å². The maximum absolute atomic E-state index is 14.0. The number of aromatic nitrogens is 2. The number of amides is 3. The molecule has 0 spiro atoms. The second-order valence-corrected chi connectivity index (χ2v) is 11.0. The number of hydrogen-bond donors (Lipinski definition) is 3. The molecule has 3 aromatic rings. The summed E-state index contributed by atoms with van der Waals surface area (Å²) in [6.45, 7) is 3.83. The number of likely N-dealkylation sites (tertiary alicyclic amines) is 1. The van der Waals surface area contributed by atoms with Gasteiger partial charge >= 0.3 is 6.18 Å². The Kier molecular flexibility index (Phi) is 9.87. The Balaban J connectivity index is 1.57. The lowest BCUT2D eigenvalue weighted by molar-refractivity contribution is -0.139. The van der Waals surface area contributed by atoms with Crippen LogP contribution in [0.25, 0.3) is 0 Å². The summed E-state index contributed by atoms with van der Waals surface area (Å²) in [4.78, 5) is 45.1. The average molecular weight is 601 g/mol. The van der Waals surface area contributed by atoms with Crippen molar-refractivity contribution in [3.05, 3.63) is 83.8 Å². The average Bonchev–Trinajstić information content (AvgIpc) is 3.65. The van der Waals surface area contributed by atoms with Crippen molar-refractivity contribution in [1.82, 2.24) is 19.8 Å².